The summed E-state index contributed by atoms with van der Waals surface area (Å²) in [6.45, 7) is 3.22. The lowest BCUT2D eigenvalue weighted by Gasteiger charge is -2.35. The van der Waals surface area contributed by atoms with E-state index >= 15 is 0 Å². The minimum absolute atomic E-state index is 0.0194. The van der Waals surface area contributed by atoms with E-state index in [9.17, 15) is 18.8 Å². The number of anilines is 1. The van der Waals surface area contributed by atoms with Gasteiger partial charge in [0, 0.05) is 41.9 Å². The van der Waals surface area contributed by atoms with E-state index in [1.807, 2.05) is 31.2 Å². The number of benzene rings is 2. The van der Waals surface area contributed by atoms with Crippen LogP contribution in [0, 0.1) is 5.82 Å². The van der Waals surface area contributed by atoms with Crippen LogP contribution in [0.25, 0.3) is 10.9 Å². The van der Waals surface area contributed by atoms with Crippen molar-refractivity contribution in [2.75, 3.05) is 18.0 Å². The molecule has 5 rings (SSSR count). The van der Waals surface area contributed by atoms with Crippen molar-refractivity contribution < 1.29 is 18.8 Å². The molecule has 176 valence electrons. The van der Waals surface area contributed by atoms with Crippen LogP contribution >= 0.6 is 0 Å². The fraction of sp³-hybridized carbons (Fsp3) is 0.370. The minimum atomic E-state index is -0.531. The summed E-state index contributed by atoms with van der Waals surface area (Å²) >= 11 is 0. The van der Waals surface area contributed by atoms with E-state index in [0.717, 1.165) is 48.9 Å². The number of para-hydroxylation sites is 1. The summed E-state index contributed by atoms with van der Waals surface area (Å²) in [6.07, 6.45) is 6.00. The van der Waals surface area contributed by atoms with Crippen LogP contribution in [-0.4, -0.2) is 46.2 Å². The average Bonchev–Trinajstić information content (AvgIpc) is 3.22. The molecule has 3 aromatic rings. The quantitative estimate of drug-likeness (QED) is 0.429. The van der Waals surface area contributed by atoms with Gasteiger partial charge in [-0.3, -0.25) is 14.4 Å². The molecular formula is C27H28FN3O3. The number of hydrogen-bond donors (Lipinski definition) is 0. The summed E-state index contributed by atoms with van der Waals surface area (Å²) in [7, 11) is 0. The number of amides is 2. The van der Waals surface area contributed by atoms with E-state index in [4.69, 9.17) is 0 Å². The third-order valence-corrected chi connectivity index (χ3v) is 7.02. The van der Waals surface area contributed by atoms with Crippen molar-refractivity contribution in [3.05, 3.63) is 65.6 Å². The lowest BCUT2D eigenvalue weighted by molar-refractivity contribution is -0.127. The van der Waals surface area contributed by atoms with Gasteiger partial charge in [-0.1, -0.05) is 18.2 Å². The second kappa shape index (κ2) is 9.05. The molecule has 1 aromatic heterocycles. The van der Waals surface area contributed by atoms with Crippen molar-refractivity contribution in [2.45, 2.75) is 51.6 Å². The van der Waals surface area contributed by atoms with Gasteiger partial charge in [-0.15, -0.1) is 0 Å². The Labute approximate surface area is 197 Å². The number of fused-ring (bicyclic) bond motifs is 2. The average molecular weight is 462 g/mol. The number of carbonyl (C=O) groups excluding carboxylic acids is 3. The molecule has 2 amide bonds. The zero-order valence-electron chi connectivity index (χ0n) is 19.3. The number of aryl methyl sites for hydroxylation is 1. The first kappa shape index (κ1) is 22.3. The highest BCUT2D eigenvalue weighted by Gasteiger charge is 2.30. The SMILES string of the molecule is C[C@@H]1CCc2cc(F)ccc2N1C(=O)Cn1cc(C(=O)C(=O)N2CCCCC2)c2ccccc21. The first-order chi connectivity index (χ1) is 16.4. The third-order valence-electron chi connectivity index (χ3n) is 7.02. The van der Waals surface area contributed by atoms with Crippen molar-refractivity contribution >= 4 is 34.2 Å². The summed E-state index contributed by atoms with van der Waals surface area (Å²) in [5.41, 5.74) is 2.62. The Morgan fingerprint density at radius 1 is 1.03 bits per heavy atom. The van der Waals surface area contributed by atoms with E-state index in [-0.39, 0.29) is 24.3 Å². The first-order valence-electron chi connectivity index (χ1n) is 12.0. The number of piperidine rings is 1. The predicted molar refractivity (Wildman–Crippen MR) is 128 cm³/mol. The van der Waals surface area contributed by atoms with Crippen LogP contribution in [0.3, 0.4) is 0 Å². The Morgan fingerprint density at radius 3 is 2.59 bits per heavy atom. The fourth-order valence-electron chi connectivity index (χ4n) is 5.24. The fourth-order valence-corrected chi connectivity index (χ4v) is 5.24. The van der Waals surface area contributed by atoms with E-state index in [0.29, 0.717) is 24.0 Å². The van der Waals surface area contributed by atoms with Gasteiger partial charge in [0.15, 0.2) is 0 Å². The molecule has 3 heterocycles. The molecule has 34 heavy (non-hydrogen) atoms. The van der Waals surface area contributed by atoms with Gasteiger partial charge >= 0.3 is 0 Å². The zero-order valence-corrected chi connectivity index (χ0v) is 19.3. The molecule has 2 aliphatic heterocycles. The van der Waals surface area contributed by atoms with Gasteiger partial charge in [0.05, 0.1) is 5.56 Å². The lowest BCUT2D eigenvalue weighted by Crippen LogP contribution is -2.43. The number of aromatic nitrogens is 1. The highest BCUT2D eigenvalue weighted by Crippen LogP contribution is 2.32. The van der Waals surface area contributed by atoms with Crippen LogP contribution < -0.4 is 4.90 Å². The number of likely N-dealkylation sites (tertiary alicyclic amines) is 1. The van der Waals surface area contributed by atoms with Gasteiger partial charge in [0.2, 0.25) is 5.91 Å². The maximum atomic E-state index is 13.7. The number of Topliss-reactive ketones (excluding diaryl/α,β-unsaturated/α-hetero) is 1. The molecule has 1 atom stereocenters. The summed E-state index contributed by atoms with van der Waals surface area (Å²) in [6, 6.07) is 11.9. The summed E-state index contributed by atoms with van der Waals surface area (Å²) < 4.78 is 15.5. The Bertz CT molecular complexity index is 1280. The Kier molecular flexibility index (Phi) is 5.94. The molecule has 1 fully saturated rings. The Morgan fingerprint density at radius 2 is 1.79 bits per heavy atom. The van der Waals surface area contributed by atoms with Crippen LogP contribution in [0.4, 0.5) is 10.1 Å². The number of halogens is 1. The first-order valence-corrected chi connectivity index (χ1v) is 12.0. The second-order valence-corrected chi connectivity index (χ2v) is 9.29. The number of ketones is 1. The molecule has 1 saturated heterocycles. The second-order valence-electron chi connectivity index (χ2n) is 9.29. The van der Waals surface area contributed by atoms with Gasteiger partial charge in [-0.05, 0) is 68.9 Å². The monoisotopic (exact) mass is 461 g/mol. The van der Waals surface area contributed by atoms with Gasteiger partial charge in [-0.25, -0.2) is 4.39 Å². The molecule has 2 aliphatic rings. The maximum absolute atomic E-state index is 13.7. The topological polar surface area (TPSA) is 62.6 Å². The summed E-state index contributed by atoms with van der Waals surface area (Å²) in [4.78, 5) is 42.9. The van der Waals surface area contributed by atoms with Crippen LogP contribution in [0.15, 0.2) is 48.7 Å². The molecule has 7 heteroatoms. The molecule has 2 aromatic carbocycles. The highest BCUT2D eigenvalue weighted by atomic mass is 19.1. The maximum Gasteiger partial charge on any atom is 0.295 e. The van der Waals surface area contributed by atoms with Crippen LogP contribution in [0.2, 0.25) is 0 Å². The molecule has 0 bridgehead atoms. The van der Waals surface area contributed by atoms with Gasteiger partial charge in [0.25, 0.3) is 11.7 Å². The zero-order chi connectivity index (χ0) is 23.8. The molecule has 0 saturated carbocycles. The Balaban J connectivity index is 1.46. The third kappa shape index (κ3) is 4.00. The smallest absolute Gasteiger partial charge is 0.295 e. The largest absolute Gasteiger partial charge is 0.337 e. The predicted octanol–water partition coefficient (Wildman–Crippen LogP) is 4.34. The van der Waals surface area contributed by atoms with Crippen molar-refractivity contribution in [3.63, 3.8) is 0 Å². The molecule has 0 radical (unpaired) electrons. The molecule has 0 aliphatic carbocycles. The van der Waals surface area contributed by atoms with E-state index in [2.05, 4.69) is 0 Å². The van der Waals surface area contributed by atoms with Crippen molar-refractivity contribution in [3.8, 4) is 0 Å². The van der Waals surface area contributed by atoms with Gasteiger partial charge < -0.3 is 14.4 Å². The van der Waals surface area contributed by atoms with Crippen LogP contribution in [0.1, 0.15) is 48.5 Å². The Hall–Kier alpha value is -3.48. The van der Waals surface area contributed by atoms with E-state index in [1.165, 1.54) is 12.1 Å². The number of rotatable bonds is 4. The van der Waals surface area contributed by atoms with Gasteiger partial charge in [-0.2, -0.15) is 0 Å². The molecular weight excluding hydrogens is 433 g/mol. The molecule has 0 spiro atoms. The summed E-state index contributed by atoms with van der Waals surface area (Å²) in [5, 5.41) is 0.667. The molecule has 0 N–H and O–H groups in total. The van der Waals surface area contributed by atoms with Crippen molar-refractivity contribution in [1.29, 1.82) is 0 Å². The van der Waals surface area contributed by atoms with Gasteiger partial charge in [0.1, 0.15) is 12.4 Å². The number of hydrogen-bond acceptors (Lipinski definition) is 3. The van der Waals surface area contributed by atoms with Crippen molar-refractivity contribution in [2.24, 2.45) is 0 Å². The summed E-state index contributed by atoms with van der Waals surface area (Å²) in [5.74, 6) is -1.45. The standard InChI is InChI=1S/C27H28FN3O3/c1-18-9-10-19-15-20(28)11-12-23(19)31(18)25(32)17-30-16-22(21-7-3-4-8-24(21)30)26(33)27(34)29-13-5-2-6-14-29/h3-4,7-8,11-12,15-16,18H,2,5-6,9-10,13-14,17H2,1H3/t18-/m1/s1. The van der Waals surface area contributed by atoms with E-state index < -0.39 is 11.7 Å². The highest BCUT2D eigenvalue weighted by molar-refractivity contribution is 6.44. The van der Waals surface area contributed by atoms with Crippen LogP contribution in [-0.2, 0) is 22.6 Å². The normalized spacial score (nSPS) is 18.1. The lowest BCUT2D eigenvalue weighted by atomic mass is 9.96. The van der Waals surface area contributed by atoms with Crippen LogP contribution in [0.5, 0.6) is 0 Å². The molecule has 6 nitrogen and oxygen atoms in total. The van der Waals surface area contributed by atoms with E-state index in [1.54, 1.807) is 26.6 Å². The molecule has 0 unspecified atom stereocenters. The van der Waals surface area contributed by atoms with Crippen molar-refractivity contribution in [1.82, 2.24) is 9.47 Å². The number of carbonyl (C=O) groups is 3. The number of nitrogens with zero attached hydrogens (tertiary/aromatic N) is 3. The minimum Gasteiger partial charge on any atom is -0.337 e.